The van der Waals surface area contributed by atoms with Crippen LogP contribution in [0.15, 0.2) is 17.5 Å². The summed E-state index contributed by atoms with van der Waals surface area (Å²) < 4.78 is 0. The number of carboxylic acids is 1. The average Bonchev–Trinajstić information content (AvgIpc) is 2.54. The molecule has 1 amide bonds. The number of carbonyl (C=O) groups is 2. The molecule has 1 heterocycles. The van der Waals surface area contributed by atoms with Gasteiger partial charge in [0.25, 0.3) is 0 Å². The summed E-state index contributed by atoms with van der Waals surface area (Å²) in [5.74, 6) is -1.62. The highest BCUT2D eigenvalue weighted by Gasteiger charge is 2.12. The summed E-state index contributed by atoms with van der Waals surface area (Å²) in [6, 6.07) is 2.72. The molecule has 0 unspecified atom stereocenters. The molecule has 0 aliphatic heterocycles. The van der Waals surface area contributed by atoms with Crippen LogP contribution in [0.5, 0.6) is 0 Å². The number of hydrogen-bond donors (Lipinski definition) is 1. The third-order valence-electron chi connectivity index (χ3n) is 1.65. The second-order valence-electron chi connectivity index (χ2n) is 2.86. The molecule has 0 saturated carbocycles. The van der Waals surface area contributed by atoms with Gasteiger partial charge < -0.3 is 15.2 Å². The minimum atomic E-state index is -1.26. The Kier molecular flexibility index (Phi) is 3.64. The van der Waals surface area contributed by atoms with E-state index in [9.17, 15) is 14.7 Å². The van der Waals surface area contributed by atoms with Crippen LogP contribution in [0.4, 0.5) is 0 Å². The number of thiophene rings is 1. The van der Waals surface area contributed by atoms with Gasteiger partial charge in [-0.3, -0.25) is 4.79 Å². The van der Waals surface area contributed by atoms with E-state index in [1.165, 1.54) is 18.3 Å². The fraction of sp³-hybridized carbons (Fsp3) is 0.333. The summed E-state index contributed by atoms with van der Waals surface area (Å²) in [7, 11) is 0. The number of amides is 1. The van der Waals surface area contributed by atoms with Crippen LogP contribution < -0.4 is 10.4 Å². The molecule has 0 saturated heterocycles. The van der Waals surface area contributed by atoms with Crippen molar-refractivity contribution in [1.82, 2.24) is 5.32 Å². The molecule has 0 aliphatic rings. The summed E-state index contributed by atoms with van der Waals surface area (Å²) in [5.41, 5.74) is 0. The van der Waals surface area contributed by atoms with Gasteiger partial charge in [0.15, 0.2) is 0 Å². The maximum Gasteiger partial charge on any atom is 0.217 e. The first-order valence-corrected chi connectivity index (χ1v) is 4.98. The van der Waals surface area contributed by atoms with Gasteiger partial charge in [-0.1, -0.05) is 6.07 Å². The molecular formula is C9H10NO3S-. The normalized spacial score (nSPS) is 12.1. The van der Waals surface area contributed by atoms with Crippen LogP contribution in [-0.2, 0) is 16.0 Å². The second-order valence-corrected chi connectivity index (χ2v) is 3.89. The van der Waals surface area contributed by atoms with Crippen LogP contribution >= 0.6 is 11.3 Å². The van der Waals surface area contributed by atoms with Gasteiger partial charge in [-0.25, -0.2) is 0 Å². The number of hydrogen-bond acceptors (Lipinski definition) is 4. The van der Waals surface area contributed by atoms with Crippen molar-refractivity contribution in [2.75, 3.05) is 0 Å². The third-order valence-corrected chi connectivity index (χ3v) is 2.55. The van der Waals surface area contributed by atoms with Crippen molar-refractivity contribution >= 4 is 23.2 Å². The Labute approximate surface area is 85.6 Å². The fourth-order valence-electron chi connectivity index (χ4n) is 1.07. The monoisotopic (exact) mass is 212 g/mol. The predicted molar refractivity (Wildman–Crippen MR) is 50.6 cm³/mol. The lowest BCUT2D eigenvalue weighted by atomic mass is 10.2. The van der Waals surface area contributed by atoms with Gasteiger partial charge in [0, 0.05) is 18.2 Å². The molecule has 1 rings (SSSR count). The van der Waals surface area contributed by atoms with E-state index >= 15 is 0 Å². The quantitative estimate of drug-likeness (QED) is 0.734. The van der Waals surface area contributed by atoms with Crippen LogP contribution in [0.25, 0.3) is 0 Å². The first-order chi connectivity index (χ1) is 6.59. The van der Waals surface area contributed by atoms with E-state index in [0.29, 0.717) is 0 Å². The van der Waals surface area contributed by atoms with Crippen LogP contribution in [0.3, 0.4) is 0 Å². The number of carboxylic acid groups (broad SMARTS) is 1. The lowest BCUT2D eigenvalue weighted by Gasteiger charge is -2.17. The maximum absolute atomic E-state index is 10.7. The zero-order valence-corrected chi connectivity index (χ0v) is 8.47. The molecule has 0 spiro atoms. The zero-order valence-electron chi connectivity index (χ0n) is 7.65. The fourth-order valence-corrected chi connectivity index (χ4v) is 1.82. The van der Waals surface area contributed by atoms with Gasteiger partial charge in [0.05, 0.1) is 12.0 Å². The maximum atomic E-state index is 10.7. The summed E-state index contributed by atoms with van der Waals surface area (Å²) in [6.07, 6.45) is 0.277. The molecule has 1 atom stereocenters. The van der Waals surface area contributed by atoms with E-state index in [2.05, 4.69) is 5.32 Å². The Morgan fingerprint density at radius 2 is 2.36 bits per heavy atom. The Morgan fingerprint density at radius 3 is 2.79 bits per heavy atom. The first kappa shape index (κ1) is 10.7. The number of aliphatic carboxylic acids is 1. The van der Waals surface area contributed by atoms with E-state index in [0.717, 1.165) is 4.88 Å². The molecule has 1 aromatic rings. The molecule has 76 valence electrons. The van der Waals surface area contributed by atoms with Crippen LogP contribution in [0.2, 0.25) is 0 Å². The van der Waals surface area contributed by atoms with Crippen molar-refractivity contribution in [2.45, 2.75) is 19.4 Å². The van der Waals surface area contributed by atoms with Gasteiger partial charge in [0.2, 0.25) is 5.91 Å². The molecule has 0 aliphatic carbocycles. The van der Waals surface area contributed by atoms with Gasteiger partial charge >= 0.3 is 0 Å². The summed E-state index contributed by atoms with van der Waals surface area (Å²) in [6.45, 7) is 1.28. The number of nitrogens with one attached hydrogen (secondary N) is 1. The van der Waals surface area contributed by atoms with E-state index in [-0.39, 0.29) is 12.3 Å². The minimum Gasteiger partial charge on any atom is -0.548 e. The van der Waals surface area contributed by atoms with E-state index in [1.807, 2.05) is 17.5 Å². The van der Waals surface area contributed by atoms with Gasteiger partial charge in [0.1, 0.15) is 0 Å². The summed E-state index contributed by atoms with van der Waals surface area (Å²) in [4.78, 5) is 22.2. The zero-order chi connectivity index (χ0) is 10.6. The minimum absolute atomic E-state index is 0.277. The number of rotatable bonds is 4. The van der Waals surface area contributed by atoms with Gasteiger partial charge in [-0.15, -0.1) is 11.3 Å². The Morgan fingerprint density at radius 1 is 1.64 bits per heavy atom. The Bertz CT molecular complexity index is 321. The van der Waals surface area contributed by atoms with Crippen molar-refractivity contribution in [3.05, 3.63) is 22.4 Å². The molecule has 1 N–H and O–H groups in total. The third kappa shape index (κ3) is 3.18. The van der Waals surface area contributed by atoms with Crippen molar-refractivity contribution in [3.8, 4) is 0 Å². The molecule has 0 bridgehead atoms. The second kappa shape index (κ2) is 4.76. The van der Waals surface area contributed by atoms with Crippen molar-refractivity contribution in [3.63, 3.8) is 0 Å². The van der Waals surface area contributed by atoms with Gasteiger partial charge in [-0.2, -0.15) is 0 Å². The molecule has 0 fully saturated rings. The standard InChI is InChI=1S/C9H11NO3S/c1-6(11)10-8(9(12)13)5-7-3-2-4-14-7/h2-4,8H,5H2,1H3,(H,10,11)(H,12,13)/p-1/t8-/m0/s1. The molecule has 14 heavy (non-hydrogen) atoms. The molecule has 5 heteroatoms. The summed E-state index contributed by atoms with van der Waals surface area (Å²) >= 11 is 1.45. The first-order valence-electron chi connectivity index (χ1n) is 4.10. The summed E-state index contributed by atoms with van der Waals surface area (Å²) in [5, 5.41) is 14.8. The van der Waals surface area contributed by atoms with Crippen LogP contribution in [0.1, 0.15) is 11.8 Å². The molecule has 0 radical (unpaired) electrons. The molecule has 4 nitrogen and oxygen atoms in total. The highest BCUT2D eigenvalue weighted by atomic mass is 32.1. The van der Waals surface area contributed by atoms with E-state index in [1.54, 1.807) is 0 Å². The Balaban J connectivity index is 2.60. The highest BCUT2D eigenvalue weighted by molar-refractivity contribution is 7.09. The van der Waals surface area contributed by atoms with Crippen molar-refractivity contribution < 1.29 is 14.7 Å². The van der Waals surface area contributed by atoms with Crippen LogP contribution in [0, 0.1) is 0 Å². The molecule has 0 aromatic carbocycles. The number of carbonyl (C=O) groups excluding carboxylic acids is 2. The molecule has 1 aromatic heterocycles. The van der Waals surface area contributed by atoms with Crippen molar-refractivity contribution in [2.24, 2.45) is 0 Å². The average molecular weight is 212 g/mol. The highest BCUT2D eigenvalue weighted by Crippen LogP contribution is 2.10. The van der Waals surface area contributed by atoms with Gasteiger partial charge in [-0.05, 0) is 11.4 Å². The molecular weight excluding hydrogens is 202 g/mol. The van der Waals surface area contributed by atoms with Crippen molar-refractivity contribution in [1.29, 1.82) is 0 Å². The Hall–Kier alpha value is -1.36. The smallest absolute Gasteiger partial charge is 0.217 e. The topological polar surface area (TPSA) is 69.2 Å². The van der Waals surface area contributed by atoms with E-state index < -0.39 is 12.0 Å². The largest absolute Gasteiger partial charge is 0.548 e. The lowest BCUT2D eigenvalue weighted by Crippen LogP contribution is -2.48. The predicted octanol–water partition coefficient (Wildman–Crippen LogP) is -0.455. The lowest BCUT2D eigenvalue weighted by molar-refractivity contribution is -0.308. The van der Waals surface area contributed by atoms with E-state index in [4.69, 9.17) is 0 Å². The SMILES string of the molecule is CC(=O)N[C@@H](Cc1cccs1)C(=O)[O-]. The van der Waals surface area contributed by atoms with Crippen LogP contribution in [-0.4, -0.2) is 17.9 Å².